The summed E-state index contributed by atoms with van der Waals surface area (Å²) >= 11 is 6.66. The normalized spacial score (nSPS) is 21.6. The molecule has 0 spiro atoms. The molecule has 4 heterocycles. The molecule has 2 N–H and O–H groups in total. The first-order chi connectivity index (χ1) is 18.2. The molecule has 3 aliphatic rings. The zero-order valence-electron chi connectivity index (χ0n) is 20.9. The number of piperazine rings is 1. The maximum atomic E-state index is 9.24. The molecule has 0 amide bonds. The molecule has 192 valence electrons. The van der Waals surface area contributed by atoms with Crippen LogP contribution in [0.15, 0.2) is 36.4 Å². The molecule has 2 fully saturated rings. The minimum absolute atomic E-state index is 0.134. The Labute approximate surface area is 222 Å². The molecule has 1 aromatic heterocycles. The predicted octanol–water partition coefficient (Wildman–Crippen LogP) is 3.67. The van der Waals surface area contributed by atoms with Crippen LogP contribution in [0.1, 0.15) is 30.5 Å². The molecule has 0 aliphatic carbocycles. The Bertz CT molecular complexity index is 1310. The van der Waals surface area contributed by atoms with Crippen molar-refractivity contribution in [3.63, 3.8) is 0 Å². The highest BCUT2D eigenvalue weighted by molar-refractivity contribution is 6.36. The van der Waals surface area contributed by atoms with Gasteiger partial charge in [-0.15, -0.1) is 0 Å². The van der Waals surface area contributed by atoms with Crippen LogP contribution < -0.4 is 25.2 Å². The highest BCUT2D eigenvalue weighted by Gasteiger charge is 2.29. The highest BCUT2D eigenvalue weighted by atomic mass is 35.5. The fourth-order valence-corrected chi connectivity index (χ4v) is 6.08. The standard InChI is InChI=1S/C28H32ClN7O/c29-23-7-1-4-19-5-2-8-25(26(19)23)35-14-10-22-24(17-35)33-28(37-18-21-6-3-12-31-21)34-27(22)36-15-13-32-20(16-36)9-11-30/h1-2,4-5,7-8,20-21,31-32H,3,6,9-10,12-18H2/t20-,21-/m0/s1. The van der Waals surface area contributed by atoms with Crippen LogP contribution in [-0.2, 0) is 13.0 Å². The molecule has 0 saturated carbocycles. The first-order valence-corrected chi connectivity index (χ1v) is 13.6. The van der Waals surface area contributed by atoms with Gasteiger partial charge in [0.2, 0.25) is 0 Å². The Morgan fingerprint density at radius 3 is 2.76 bits per heavy atom. The van der Waals surface area contributed by atoms with Crippen LogP contribution in [0.4, 0.5) is 11.5 Å². The lowest BCUT2D eigenvalue weighted by Crippen LogP contribution is -2.51. The molecular formula is C28H32ClN7O. The van der Waals surface area contributed by atoms with Crippen LogP contribution in [0.5, 0.6) is 6.01 Å². The number of aromatic nitrogens is 2. The van der Waals surface area contributed by atoms with Gasteiger partial charge in [-0.05, 0) is 43.3 Å². The number of nitriles is 1. The number of hydrogen-bond acceptors (Lipinski definition) is 8. The van der Waals surface area contributed by atoms with Crippen LogP contribution in [0, 0.1) is 11.3 Å². The molecule has 37 heavy (non-hydrogen) atoms. The van der Waals surface area contributed by atoms with Crippen LogP contribution in [-0.4, -0.2) is 61.4 Å². The van der Waals surface area contributed by atoms with Crippen molar-refractivity contribution in [3.8, 4) is 12.1 Å². The maximum Gasteiger partial charge on any atom is 0.318 e. The number of ether oxygens (including phenoxy) is 1. The third-order valence-electron chi connectivity index (χ3n) is 7.66. The summed E-state index contributed by atoms with van der Waals surface area (Å²) in [5.74, 6) is 0.958. The quantitative estimate of drug-likeness (QED) is 0.512. The van der Waals surface area contributed by atoms with Crippen LogP contribution in [0.25, 0.3) is 10.8 Å². The van der Waals surface area contributed by atoms with Crippen molar-refractivity contribution >= 4 is 33.9 Å². The SMILES string of the molecule is N#CC[C@H]1CN(c2nc(OC[C@@H]3CCCN3)nc3c2CCN(c2cccc4cccc(Cl)c24)C3)CCN1. The van der Waals surface area contributed by atoms with Crippen molar-refractivity contribution in [1.29, 1.82) is 5.26 Å². The Kier molecular flexibility index (Phi) is 7.01. The molecule has 2 saturated heterocycles. The van der Waals surface area contributed by atoms with Crippen LogP contribution in [0.2, 0.25) is 5.02 Å². The van der Waals surface area contributed by atoms with Gasteiger partial charge in [-0.25, -0.2) is 0 Å². The van der Waals surface area contributed by atoms with E-state index in [0.29, 0.717) is 31.6 Å². The van der Waals surface area contributed by atoms with E-state index >= 15 is 0 Å². The van der Waals surface area contributed by atoms with E-state index in [9.17, 15) is 5.26 Å². The number of hydrogen-bond donors (Lipinski definition) is 2. The molecule has 0 radical (unpaired) electrons. The van der Waals surface area contributed by atoms with Crippen LogP contribution in [0.3, 0.4) is 0 Å². The number of nitrogens with one attached hydrogen (secondary N) is 2. The van der Waals surface area contributed by atoms with Crippen molar-refractivity contribution in [2.75, 3.05) is 49.1 Å². The molecule has 3 aromatic rings. The number of nitrogens with zero attached hydrogens (tertiary/aromatic N) is 5. The topological polar surface area (TPSA) is 89.3 Å². The Hall–Kier alpha value is -3.12. The van der Waals surface area contributed by atoms with Crippen molar-refractivity contribution in [2.24, 2.45) is 0 Å². The van der Waals surface area contributed by atoms with Gasteiger partial charge in [0.05, 0.1) is 29.8 Å². The van der Waals surface area contributed by atoms with E-state index < -0.39 is 0 Å². The summed E-state index contributed by atoms with van der Waals surface area (Å²) in [4.78, 5) is 14.6. The number of benzene rings is 2. The molecule has 2 aromatic carbocycles. The van der Waals surface area contributed by atoms with Gasteiger partial charge in [0.1, 0.15) is 12.4 Å². The summed E-state index contributed by atoms with van der Waals surface area (Å²) in [7, 11) is 0. The molecule has 0 unspecified atom stereocenters. The third kappa shape index (κ3) is 5.04. The average Bonchev–Trinajstić information content (AvgIpc) is 3.45. The van der Waals surface area contributed by atoms with Gasteiger partial charge in [0, 0.05) is 54.9 Å². The molecule has 3 aliphatic heterocycles. The minimum Gasteiger partial charge on any atom is -0.462 e. The van der Waals surface area contributed by atoms with Gasteiger partial charge in [-0.2, -0.15) is 15.2 Å². The second-order valence-electron chi connectivity index (χ2n) is 10.1. The lowest BCUT2D eigenvalue weighted by atomic mass is 10.0. The van der Waals surface area contributed by atoms with Crippen molar-refractivity contribution < 1.29 is 4.74 Å². The van der Waals surface area contributed by atoms with Crippen molar-refractivity contribution in [3.05, 3.63) is 52.7 Å². The van der Waals surface area contributed by atoms with E-state index in [1.165, 1.54) is 12.0 Å². The summed E-state index contributed by atoms with van der Waals surface area (Å²) in [6.45, 7) is 5.55. The molecule has 2 atom stereocenters. The lowest BCUT2D eigenvalue weighted by molar-refractivity contribution is 0.255. The van der Waals surface area contributed by atoms with Gasteiger partial charge in [-0.1, -0.05) is 35.9 Å². The van der Waals surface area contributed by atoms with Crippen molar-refractivity contribution in [1.82, 2.24) is 20.6 Å². The zero-order valence-corrected chi connectivity index (χ0v) is 21.7. The highest BCUT2D eigenvalue weighted by Crippen LogP contribution is 2.37. The second-order valence-corrected chi connectivity index (χ2v) is 10.5. The largest absolute Gasteiger partial charge is 0.462 e. The zero-order chi connectivity index (χ0) is 25.2. The molecule has 8 nitrogen and oxygen atoms in total. The van der Waals surface area contributed by atoms with E-state index in [2.05, 4.69) is 50.8 Å². The van der Waals surface area contributed by atoms with Crippen molar-refractivity contribution in [2.45, 2.75) is 44.3 Å². The average molecular weight is 518 g/mol. The number of rotatable bonds is 6. The first-order valence-electron chi connectivity index (χ1n) is 13.2. The Morgan fingerprint density at radius 1 is 1.05 bits per heavy atom. The van der Waals surface area contributed by atoms with E-state index in [-0.39, 0.29) is 6.04 Å². The lowest BCUT2D eigenvalue weighted by Gasteiger charge is -2.37. The Morgan fingerprint density at radius 2 is 1.92 bits per heavy atom. The van der Waals surface area contributed by atoms with Crippen LogP contribution >= 0.6 is 11.6 Å². The third-order valence-corrected chi connectivity index (χ3v) is 7.98. The first kappa shape index (κ1) is 24.2. The number of halogens is 1. The summed E-state index contributed by atoms with van der Waals surface area (Å²) in [5, 5.41) is 19.2. The van der Waals surface area contributed by atoms with E-state index in [0.717, 1.165) is 78.6 Å². The second kappa shape index (κ2) is 10.7. The smallest absolute Gasteiger partial charge is 0.318 e. The maximum absolute atomic E-state index is 9.24. The Balaban J connectivity index is 1.34. The molecule has 0 bridgehead atoms. The summed E-state index contributed by atoms with van der Waals surface area (Å²) < 4.78 is 6.17. The fraction of sp³-hybridized carbons (Fsp3) is 0.464. The number of fused-ring (bicyclic) bond motifs is 2. The van der Waals surface area contributed by atoms with Gasteiger partial charge in [0.25, 0.3) is 0 Å². The summed E-state index contributed by atoms with van der Waals surface area (Å²) in [5.41, 5.74) is 3.32. The molecule has 6 rings (SSSR count). The van der Waals surface area contributed by atoms with Gasteiger partial charge in [-0.3, -0.25) is 0 Å². The monoisotopic (exact) mass is 517 g/mol. The van der Waals surface area contributed by atoms with E-state index in [4.69, 9.17) is 26.3 Å². The van der Waals surface area contributed by atoms with Gasteiger partial charge in [0.15, 0.2) is 0 Å². The fourth-order valence-electron chi connectivity index (χ4n) is 5.80. The molecular weight excluding hydrogens is 486 g/mol. The predicted molar refractivity (Wildman–Crippen MR) is 146 cm³/mol. The van der Waals surface area contributed by atoms with E-state index in [1.54, 1.807) is 0 Å². The van der Waals surface area contributed by atoms with Gasteiger partial charge < -0.3 is 25.2 Å². The minimum atomic E-state index is 0.134. The summed E-state index contributed by atoms with van der Waals surface area (Å²) in [6.07, 6.45) is 3.61. The molecule has 9 heteroatoms. The van der Waals surface area contributed by atoms with E-state index in [1.807, 2.05) is 12.1 Å². The summed E-state index contributed by atoms with van der Waals surface area (Å²) in [6, 6.07) is 15.6. The number of anilines is 2. The van der Waals surface area contributed by atoms with Gasteiger partial charge >= 0.3 is 6.01 Å².